The van der Waals surface area contributed by atoms with Crippen molar-refractivity contribution in [1.29, 1.82) is 0 Å². The van der Waals surface area contributed by atoms with Gasteiger partial charge in [0.15, 0.2) is 0 Å². The number of rotatable bonds is 8. The lowest BCUT2D eigenvalue weighted by molar-refractivity contribution is -0.117. The second-order valence-electron chi connectivity index (χ2n) is 8.59. The van der Waals surface area contributed by atoms with Crippen molar-refractivity contribution in [2.24, 2.45) is 5.92 Å². The van der Waals surface area contributed by atoms with Crippen LogP contribution in [-0.2, 0) is 4.79 Å². The molecule has 2 saturated carbocycles. The highest BCUT2D eigenvalue weighted by Crippen LogP contribution is 2.65. The number of hydrogen-bond acceptors (Lipinski definition) is 4. The van der Waals surface area contributed by atoms with Crippen LogP contribution in [0.5, 0.6) is 0 Å². The van der Waals surface area contributed by atoms with Crippen molar-refractivity contribution in [2.45, 2.75) is 41.8 Å². The van der Waals surface area contributed by atoms with E-state index in [1.165, 1.54) is 12.1 Å². The Kier molecular flexibility index (Phi) is 7.34. The van der Waals surface area contributed by atoms with Crippen molar-refractivity contribution in [2.75, 3.05) is 11.9 Å². The van der Waals surface area contributed by atoms with Crippen LogP contribution in [0.4, 0.5) is 5.69 Å². The van der Waals surface area contributed by atoms with Crippen LogP contribution in [0.3, 0.4) is 0 Å². The number of aliphatic hydroxyl groups is 1. The first-order chi connectivity index (χ1) is 16.0. The molecule has 2 amide bonds. The molecule has 0 spiro atoms. The minimum absolute atomic E-state index is 0.173. The normalized spacial score (nSPS) is 22.6. The highest BCUT2D eigenvalue weighted by Gasteiger charge is 2.67. The molecule has 4 N–H and O–H groups in total. The van der Waals surface area contributed by atoms with Gasteiger partial charge < -0.3 is 15.7 Å². The highest BCUT2D eigenvalue weighted by atomic mass is 35.5. The van der Waals surface area contributed by atoms with Crippen LogP contribution in [-0.4, -0.2) is 39.6 Å². The van der Waals surface area contributed by atoms with Gasteiger partial charge in [-0.3, -0.25) is 14.9 Å². The lowest BCUT2D eigenvalue weighted by Crippen LogP contribution is -2.52. The van der Waals surface area contributed by atoms with Crippen LogP contribution in [0.2, 0.25) is 15.1 Å². The zero-order chi connectivity index (χ0) is 24.8. The molecule has 4 rings (SSSR count). The number of aliphatic hydroxyl groups excluding tert-OH is 1. The van der Waals surface area contributed by atoms with Crippen LogP contribution in [0.25, 0.3) is 0 Å². The number of anilines is 1. The van der Waals surface area contributed by atoms with E-state index >= 15 is 0 Å². The molecule has 0 bridgehead atoms. The van der Waals surface area contributed by atoms with Crippen molar-refractivity contribution in [3.05, 3.63) is 62.6 Å². The summed E-state index contributed by atoms with van der Waals surface area (Å²) in [5.74, 6) is -2.11. The van der Waals surface area contributed by atoms with E-state index < -0.39 is 39.8 Å². The maximum atomic E-state index is 13.0. The fourth-order valence-corrected chi connectivity index (χ4v) is 5.68. The SMILES string of the molecule is CCNC(O)C1(NC(=O)c2cc(NC(=O)C3C(c4cc(Cl)cc(Cl)c4)C3(Cl)Cl)ccc2Cl)CC1. The average Bonchev–Trinajstić information content (AvgIpc) is 3.64. The van der Waals surface area contributed by atoms with E-state index in [-0.39, 0.29) is 10.6 Å². The lowest BCUT2D eigenvalue weighted by Gasteiger charge is -2.24. The van der Waals surface area contributed by atoms with Gasteiger partial charge in [-0.2, -0.15) is 0 Å². The van der Waals surface area contributed by atoms with E-state index in [0.717, 1.165) is 0 Å². The van der Waals surface area contributed by atoms with Gasteiger partial charge in [-0.25, -0.2) is 0 Å². The summed E-state index contributed by atoms with van der Waals surface area (Å²) in [6.07, 6.45) is 0.423. The number of alkyl halides is 2. The van der Waals surface area contributed by atoms with E-state index in [0.29, 0.717) is 40.7 Å². The number of nitrogens with one attached hydrogen (secondary N) is 3. The highest BCUT2D eigenvalue weighted by molar-refractivity contribution is 6.53. The zero-order valence-electron chi connectivity index (χ0n) is 18.0. The molecule has 0 saturated heterocycles. The Balaban J connectivity index is 1.48. The summed E-state index contributed by atoms with van der Waals surface area (Å²) in [4.78, 5) is 25.9. The van der Waals surface area contributed by atoms with Crippen LogP contribution in [0.15, 0.2) is 36.4 Å². The summed E-state index contributed by atoms with van der Waals surface area (Å²) in [5.41, 5.74) is 0.459. The largest absolute Gasteiger partial charge is 0.376 e. The second-order valence-corrected chi connectivity index (χ2v) is 11.3. The van der Waals surface area contributed by atoms with Crippen LogP contribution >= 0.6 is 58.0 Å². The third kappa shape index (κ3) is 5.14. The third-order valence-electron chi connectivity index (χ3n) is 6.13. The Morgan fingerprint density at radius 2 is 1.74 bits per heavy atom. The van der Waals surface area contributed by atoms with Crippen molar-refractivity contribution in [3.63, 3.8) is 0 Å². The minimum atomic E-state index is -1.33. The number of amides is 2. The first-order valence-electron chi connectivity index (χ1n) is 10.7. The van der Waals surface area contributed by atoms with Gasteiger partial charge in [-0.15, -0.1) is 23.2 Å². The smallest absolute Gasteiger partial charge is 0.253 e. The Hall–Kier alpha value is -1.25. The summed E-state index contributed by atoms with van der Waals surface area (Å²) in [7, 11) is 0. The zero-order valence-corrected chi connectivity index (χ0v) is 21.8. The van der Waals surface area contributed by atoms with Crippen LogP contribution in [0, 0.1) is 5.92 Å². The predicted octanol–water partition coefficient (Wildman–Crippen LogP) is 5.36. The van der Waals surface area contributed by atoms with Crippen molar-refractivity contribution < 1.29 is 14.7 Å². The van der Waals surface area contributed by atoms with E-state index in [2.05, 4.69) is 16.0 Å². The molecular weight excluding hydrogens is 544 g/mol. The molecule has 3 atom stereocenters. The summed E-state index contributed by atoms with van der Waals surface area (Å²) in [6, 6.07) is 9.49. The summed E-state index contributed by atoms with van der Waals surface area (Å²) >= 11 is 31.2. The first kappa shape index (κ1) is 25.8. The van der Waals surface area contributed by atoms with Gasteiger partial charge in [0.05, 0.1) is 22.0 Å². The Labute approximate surface area is 222 Å². The molecule has 2 aliphatic rings. The molecular formula is C23H22Cl5N3O3. The summed E-state index contributed by atoms with van der Waals surface area (Å²) in [5, 5.41) is 19.9. The summed E-state index contributed by atoms with van der Waals surface area (Å²) in [6.45, 7) is 2.43. The molecule has 2 aromatic rings. The molecule has 3 unspecified atom stereocenters. The van der Waals surface area contributed by atoms with E-state index in [4.69, 9.17) is 58.0 Å². The molecule has 0 heterocycles. The molecule has 2 aliphatic carbocycles. The first-order valence-corrected chi connectivity index (χ1v) is 12.6. The van der Waals surface area contributed by atoms with Crippen molar-refractivity contribution >= 4 is 75.5 Å². The molecule has 0 aliphatic heterocycles. The maximum absolute atomic E-state index is 13.0. The number of carbonyl (C=O) groups is 2. The fraction of sp³-hybridized carbons (Fsp3) is 0.391. The number of benzene rings is 2. The predicted molar refractivity (Wildman–Crippen MR) is 136 cm³/mol. The molecule has 34 heavy (non-hydrogen) atoms. The van der Waals surface area contributed by atoms with Crippen molar-refractivity contribution in [1.82, 2.24) is 10.6 Å². The molecule has 2 aromatic carbocycles. The molecule has 6 nitrogen and oxygen atoms in total. The summed E-state index contributed by atoms with van der Waals surface area (Å²) < 4.78 is -1.33. The number of carbonyl (C=O) groups excluding carboxylic acids is 2. The van der Waals surface area contributed by atoms with Gasteiger partial charge in [0.25, 0.3) is 5.91 Å². The molecule has 0 aromatic heterocycles. The topological polar surface area (TPSA) is 90.5 Å². The van der Waals surface area contributed by atoms with Gasteiger partial charge in [-0.05, 0) is 61.3 Å². The van der Waals surface area contributed by atoms with E-state index in [1.54, 1.807) is 24.3 Å². The lowest BCUT2D eigenvalue weighted by atomic mass is 10.1. The van der Waals surface area contributed by atoms with Gasteiger partial charge in [0.2, 0.25) is 5.91 Å². The van der Waals surface area contributed by atoms with Gasteiger partial charge in [0.1, 0.15) is 10.6 Å². The third-order valence-corrected chi connectivity index (χ3v) is 7.84. The average molecular weight is 566 g/mol. The number of hydrogen-bond donors (Lipinski definition) is 4. The molecule has 2 fully saturated rings. The Bertz CT molecular complexity index is 1120. The van der Waals surface area contributed by atoms with E-state index in [9.17, 15) is 14.7 Å². The quantitative estimate of drug-likeness (QED) is 0.256. The van der Waals surface area contributed by atoms with Gasteiger partial charge >= 0.3 is 0 Å². The molecule has 182 valence electrons. The fourth-order valence-electron chi connectivity index (χ4n) is 4.10. The molecule has 11 heteroatoms. The molecule has 0 radical (unpaired) electrons. The Morgan fingerprint density at radius 1 is 1.09 bits per heavy atom. The standard InChI is InChI=1S/C23H22Cl5N3O3/c1-2-29-21(34)22(5-6-22)31-19(32)15-10-14(3-4-16(15)26)30-20(33)18-17(23(18,27)28)11-7-12(24)9-13(25)8-11/h3-4,7-10,17-18,21,29,34H,2,5-6H2,1H3,(H,30,33)(H,31,32). The van der Waals surface area contributed by atoms with Crippen LogP contribution in [0.1, 0.15) is 41.6 Å². The Morgan fingerprint density at radius 3 is 2.32 bits per heavy atom. The van der Waals surface area contributed by atoms with Gasteiger partial charge in [0, 0.05) is 21.7 Å². The number of halogens is 5. The number of likely N-dealkylation sites (N-methyl/N-ethyl adjacent to an activating group) is 1. The minimum Gasteiger partial charge on any atom is -0.376 e. The van der Waals surface area contributed by atoms with Crippen molar-refractivity contribution in [3.8, 4) is 0 Å². The monoisotopic (exact) mass is 563 g/mol. The van der Waals surface area contributed by atoms with Crippen LogP contribution < -0.4 is 16.0 Å². The second kappa shape index (κ2) is 9.66. The van der Waals surface area contributed by atoms with Gasteiger partial charge in [-0.1, -0.05) is 41.7 Å². The van der Waals surface area contributed by atoms with E-state index in [1.807, 2.05) is 6.92 Å². The maximum Gasteiger partial charge on any atom is 0.253 e.